The number of nitrogens with zero attached hydrogens (tertiary/aromatic N) is 4. The third-order valence-corrected chi connectivity index (χ3v) is 5.54. The lowest BCUT2D eigenvalue weighted by molar-refractivity contribution is -0.129. The van der Waals surface area contributed by atoms with Gasteiger partial charge in [-0.05, 0) is 59.7 Å². The molecule has 0 spiro atoms. The molecule has 0 bridgehead atoms. The van der Waals surface area contributed by atoms with Gasteiger partial charge in [0.2, 0.25) is 5.91 Å². The molecule has 0 saturated carbocycles. The van der Waals surface area contributed by atoms with Crippen LogP contribution in [0.2, 0.25) is 0 Å². The number of amides is 1. The van der Waals surface area contributed by atoms with E-state index >= 15 is 0 Å². The number of piperidine rings is 1. The summed E-state index contributed by atoms with van der Waals surface area (Å²) in [4.78, 5) is 17.6. The van der Waals surface area contributed by atoms with Gasteiger partial charge in [-0.1, -0.05) is 18.2 Å². The number of benzene rings is 2. The van der Waals surface area contributed by atoms with E-state index in [4.69, 9.17) is 0 Å². The first kappa shape index (κ1) is 18.0. The molecular weight excluding hydrogens is 348 g/mol. The summed E-state index contributed by atoms with van der Waals surface area (Å²) in [5, 5.41) is 9.37. The summed E-state index contributed by atoms with van der Waals surface area (Å²) in [5.74, 6) is 0.492. The van der Waals surface area contributed by atoms with E-state index in [1.165, 1.54) is 5.56 Å². The van der Waals surface area contributed by atoms with E-state index in [0.717, 1.165) is 42.7 Å². The minimum Gasteiger partial charge on any atom is -0.343 e. The van der Waals surface area contributed by atoms with Crippen LogP contribution in [-0.4, -0.2) is 33.4 Å². The third-order valence-electron chi connectivity index (χ3n) is 5.54. The maximum Gasteiger partial charge on any atom is 0.219 e. The van der Waals surface area contributed by atoms with Gasteiger partial charge in [-0.25, -0.2) is 4.98 Å². The molecular formula is C23H22N4O. The van der Waals surface area contributed by atoms with E-state index < -0.39 is 0 Å². The van der Waals surface area contributed by atoms with Gasteiger partial charge in [0.25, 0.3) is 0 Å². The minimum absolute atomic E-state index is 0.138. The second-order valence-corrected chi connectivity index (χ2v) is 7.21. The van der Waals surface area contributed by atoms with Crippen molar-refractivity contribution in [3.8, 4) is 22.9 Å². The molecule has 5 heteroatoms. The normalized spacial score (nSPS) is 14.6. The first-order chi connectivity index (χ1) is 13.7. The number of likely N-dealkylation sites (tertiary alicyclic amines) is 1. The summed E-state index contributed by atoms with van der Waals surface area (Å²) >= 11 is 0. The van der Waals surface area contributed by atoms with Crippen LogP contribution in [-0.2, 0) is 4.79 Å². The molecule has 0 aliphatic carbocycles. The molecule has 1 aromatic heterocycles. The van der Waals surface area contributed by atoms with E-state index in [-0.39, 0.29) is 5.91 Å². The average Bonchev–Trinajstić information content (AvgIpc) is 3.28. The fourth-order valence-corrected chi connectivity index (χ4v) is 3.96. The Kier molecular flexibility index (Phi) is 4.94. The lowest BCUT2D eigenvalue weighted by Crippen LogP contribution is -2.36. The number of hydrogen-bond donors (Lipinski definition) is 0. The van der Waals surface area contributed by atoms with Crippen LogP contribution >= 0.6 is 0 Å². The monoisotopic (exact) mass is 370 g/mol. The number of hydrogen-bond acceptors (Lipinski definition) is 3. The highest BCUT2D eigenvalue weighted by Crippen LogP contribution is 2.36. The summed E-state index contributed by atoms with van der Waals surface area (Å²) in [6.07, 6.45) is 7.32. The van der Waals surface area contributed by atoms with E-state index in [2.05, 4.69) is 41.4 Å². The topological polar surface area (TPSA) is 61.9 Å². The fraction of sp³-hybridized carbons (Fsp3) is 0.261. The largest absolute Gasteiger partial charge is 0.343 e. The molecule has 140 valence electrons. The molecule has 4 rings (SSSR count). The van der Waals surface area contributed by atoms with Gasteiger partial charge in [0, 0.05) is 38.1 Å². The molecule has 0 atom stereocenters. The maximum absolute atomic E-state index is 11.6. The highest BCUT2D eigenvalue weighted by atomic mass is 16.2. The number of aromatic nitrogens is 2. The zero-order valence-corrected chi connectivity index (χ0v) is 15.9. The van der Waals surface area contributed by atoms with Gasteiger partial charge in [-0.2, -0.15) is 5.26 Å². The number of nitriles is 1. The van der Waals surface area contributed by atoms with Gasteiger partial charge in [0.1, 0.15) is 0 Å². The van der Waals surface area contributed by atoms with Crippen molar-refractivity contribution in [3.05, 3.63) is 72.3 Å². The van der Waals surface area contributed by atoms with Crippen molar-refractivity contribution in [2.75, 3.05) is 13.1 Å². The van der Waals surface area contributed by atoms with E-state index in [1.54, 1.807) is 19.4 Å². The van der Waals surface area contributed by atoms with Crippen LogP contribution < -0.4 is 0 Å². The second kappa shape index (κ2) is 7.69. The molecule has 28 heavy (non-hydrogen) atoms. The predicted octanol–water partition coefficient (Wildman–Crippen LogP) is 4.14. The molecule has 2 aromatic carbocycles. The molecule has 3 aromatic rings. The van der Waals surface area contributed by atoms with Crippen LogP contribution in [0.25, 0.3) is 16.8 Å². The number of carbonyl (C=O) groups excluding carboxylic acids is 1. The van der Waals surface area contributed by atoms with Gasteiger partial charge >= 0.3 is 0 Å². The Morgan fingerprint density at radius 3 is 2.50 bits per heavy atom. The summed E-state index contributed by atoms with van der Waals surface area (Å²) in [7, 11) is 0. The summed E-state index contributed by atoms with van der Waals surface area (Å²) in [6, 6.07) is 16.6. The van der Waals surface area contributed by atoms with Gasteiger partial charge in [0.15, 0.2) is 0 Å². The smallest absolute Gasteiger partial charge is 0.219 e. The zero-order chi connectivity index (χ0) is 19.5. The Morgan fingerprint density at radius 1 is 1.14 bits per heavy atom. The Bertz CT molecular complexity index is 1010. The lowest BCUT2D eigenvalue weighted by Gasteiger charge is -2.32. The van der Waals surface area contributed by atoms with Gasteiger partial charge in [0.05, 0.1) is 18.0 Å². The first-order valence-corrected chi connectivity index (χ1v) is 9.54. The quantitative estimate of drug-likeness (QED) is 0.696. The molecule has 1 aliphatic rings. The number of carbonyl (C=O) groups is 1. The van der Waals surface area contributed by atoms with Crippen LogP contribution in [0.5, 0.6) is 0 Å². The molecule has 0 N–H and O–H groups in total. The second-order valence-electron chi connectivity index (χ2n) is 7.21. The minimum atomic E-state index is 0.138. The Labute approximate surface area is 164 Å². The van der Waals surface area contributed by atoms with Crippen LogP contribution in [0.15, 0.2) is 61.2 Å². The molecule has 0 radical (unpaired) electrons. The fourth-order valence-electron chi connectivity index (χ4n) is 3.96. The number of rotatable bonds is 3. The molecule has 0 unspecified atom stereocenters. The first-order valence-electron chi connectivity index (χ1n) is 9.54. The van der Waals surface area contributed by atoms with Crippen molar-refractivity contribution in [1.82, 2.24) is 14.5 Å². The molecule has 1 saturated heterocycles. The molecule has 1 amide bonds. The van der Waals surface area contributed by atoms with Crippen LogP contribution in [0.1, 0.15) is 36.8 Å². The zero-order valence-electron chi connectivity index (χ0n) is 15.9. The highest BCUT2D eigenvalue weighted by Gasteiger charge is 2.24. The predicted molar refractivity (Wildman–Crippen MR) is 108 cm³/mol. The highest BCUT2D eigenvalue weighted by molar-refractivity contribution is 5.73. The van der Waals surface area contributed by atoms with E-state index in [9.17, 15) is 10.1 Å². The van der Waals surface area contributed by atoms with Crippen molar-refractivity contribution in [2.24, 2.45) is 0 Å². The Balaban J connectivity index is 1.66. The van der Waals surface area contributed by atoms with Crippen molar-refractivity contribution in [2.45, 2.75) is 25.7 Å². The lowest BCUT2D eigenvalue weighted by atomic mass is 9.83. The van der Waals surface area contributed by atoms with Gasteiger partial charge < -0.3 is 9.47 Å². The number of imidazole rings is 1. The summed E-state index contributed by atoms with van der Waals surface area (Å²) in [6.45, 7) is 3.18. The van der Waals surface area contributed by atoms with E-state index in [0.29, 0.717) is 11.5 Å². The van der Waals surface area contributed by atoms with Crippen LogP contribution in [0, 0.1) is 11.3 Å². The van der Waals surface area contributed by atoms with E-state index in [1.807, 2.05) is 27.8 Å². The average molecular weight is 370 g/mol. The Hall–Kier alpha value is -3.39. The van der Waals surface area contributed by atoms with Crippen molar-refractivity contribution in [1.29, 1.82) is 5.26 Å². The summed E-state index contributed by atoms with van der Waals surface area (Å²) < 4.78 is 1.97. The Morgan fingerprint density at radius 2 is 1.89 bits per heavy atom. The van der Waals surface area contributed by atoms with Crippen molar-refractivity contribution in [3.63, 3.8) is 0 Å². The molecule has 1 aliphatic heterocycles. The molecule has 1 fully saturated rings. The summed E-state index contributed by atoms with van der Waals surface area (Å²) in [5.41, 5.74) is 5.25. The SMILES string of the molecule is CC(=O)N1CCC(c2cc(C#N)ccc2-c2ccc(-n3ccnc3)cc2)CC1. The molecule has 5 nitrogen and oxygen atoms in total. The maximum atomic E-state index is 11.6. The van der Waals surface area contributed by atoms with Crippen LogP contribution in [0.4, 0.5) is 0 Å². The van der Waals surface area contributed by atoms with Crippen LogP contribution in [0.3, 0.4) is 0 Å². The van der Waals surface area contributed by atoms with Crippen molar-refractivity contribution >= 4 is 5.91 Å². The third kappa shape index (κ3) is 3.54. The van der Waals surface area contributed by atoms with Gasteiger partial charge in [-0.15, -0.1) is 0 Å². The standard InChI is InChI=1S/C23H22N4O/c1-17(28)26-11-8-20(9-12-26)23-14-18(15-24)2-7-22(23)19-3-5-21(6-4-19)27-13-10-25-16-27/h2-7,10,13-14,16,20H,8-9,11-12H2,1H3. The van der Waals surface area contributed by atoms with Crippen molar-refractivity contribution < 1.29 is 4.79 Å². The molecule has 2 heterocycles. The van der Waals surface area contributed by atoms with Gasteiger partial charge in [-0.3, -0.25) is 4.79 Å².